The number of rotatable bonds is 5. The number of halogens is 1. The lowest BCUT2D eigenvalue weighted by molar-refractivity contribution is 0.414. The second kappa shape index (κ2) is 7.20. The molecule has 0 amide bonds. The Morgan fingerprint density at radius 2 is 1.67 bits per heavy atom. The number of hydrogen-bond donors (Lipinski definition) is 1. The molecule has 21 heavy (non-hydrogen) atoms. The Morgan fingerprint density at radius 3 is 2.19 bits per heavy atom. The molecule has 0 bridgehead atoms. The van der Waals surface area contributed by atoms with Gasteiger partial charge in [-0.1, -0.05) is 28.1 Å². The van der Waals surface area contributed by atoms with Gasteiger partial charge >= 0.3 is 0 Å². The van der Waals surface area contributed by atoms with E-state index in [1.54, 1.807) is 7.11 Å². The topological polar surface area (TPSA) is 52.3 Å². The van der Waals surface area contributed by atoms with Gasteiger partial charge in [-0.15, -0.1) is 0 Å². The van der Waals surface area contributed by atoms with Crippen molar-refractivity contribution in [1.82, 2.24) is 0 Å². The SMILES string of the molecule is COc1ccc(C(N)C(C)S(=O)c2ccc(Br)cc2)cc1. The Labute approximate surface area is 136 Å². The Kier molecular flexibility index (Phi) is 5.56. The average Bonchev–Trinajstić information content (AvgIpc) is 2.53. The van der Waals surface area contributed by atoms with Crippen LogP contribution in [0.3, 0.4) is 0 Å². The number of hydrogen-bond acceptors (Lipinski definition) is 3. The van der Waals surface area contributed by atoms with Crippen LogP contribution in [0.5, 0.6) is 5.75 Å². The van der Waals surface area contributed by atoms with Crippen molar-refractivity contribution in [2.24, 2.45) is 5.73 Å². The largest absolute Gasteiger partial charge is 0.497 e. The van der Waals surface area contributed by atoms with E-state index in [2.05, 4.69) is 15.9 Å². The maximum Gasteiger partial charge on any atom is 0.118 e. The van der Waals surface area contributed by atoms with E-state index in [1.807, 2.05) is 55.5 Å². The highest BCUT2D eigenvalue weighted by Gasteiger charge is 2.22. The van der Waals surface area contributed by atoms with Crippen LogP contribution in [0.2, 0.25) is 0 Å². The second-order valence-corrected chi connectivity index (χ2v) is 7.48. The van der Waals surface area contributed by atoms with Crippen LogP contribution in [0.4, 0.5) is 0 Å². The lowest BCUT2D eigenvalue weighted by Gasteiger charge is -2.20. The Bertz CT molecular complexity index is 613. The van der Waals surface area contributed by atoms with E-state index in [4.69, 9.17) is 10.5 Å². The van der Waals surface area contributed by atoms with Crippen molar-refractivity contribution in [3.05, 3.63) is 58.6 Å². The summed E-state index contributed by atoms with van der Waals surface area (Å²) in [7, 11) is 0.474. The van der Waals surface area contributed by atoms with E-state index in [-0.39, 0.29) is 11.3 Å². The molecule has 0 saturated heterocycles. The molecule has 3 unspecified atom stereocenters. The molecule has 0 radical (unpaired) electrons. The summed E-state index contributed by atoms with van der Waals surface area (Å²) in [5.74, 6) is 0.785. The third-order valence-electron chi connectivity index (χ3n) is 3.39. The first-order valence-electron chi connectivity index (χ1n) is 6.58. The van der Waals surface area contributed by atoms with Gasteiger partial charge in [0.25, 0.3) is 0 Å². The first kappa shape index (κ1) is 16.2. The third kappa shape index (κ3) is 3.93. The van der Waals surface area contributed by atoms with Crippen LogP contribution in [0.15, 0.2) is 57.9 Å². The van der Waals surface area contributed by atoms with Crippen molar-refractivity contribution in [2.45, 2.75) is 23.1 Å². The predicted octanol–water partition coefficient (Wildman–Crippen LogP) is 3.65. The molecule has 5 heteroatoms. The fourth-order valence-electron chi connectivity index (χ4n) is 2.01. The maximum atomic E-state index is 12.6. The molecule has 0 fully saturated rings. The number of nitrogens with two attached hydrogens (primary N) is 1. The van der Waals surface area contributed by atoms with Gasteiger partial charge in [-0.3, -0.25) is 4.21 Å². The molecule has 3 nitrogen and oxygen atoms in total. The van der Waals surface area contributed by atoms with Crippen molar-refractivity contribution >= 4 is 26.7 Å². The lowest BCUT2D eigenvalue weighted by atomic mass is 10.1. The molecule has 0 aromatic heterocycles. The highest BCUT2D eigenvalue weighted by Crippen LogP contribution is 2.24. The molecule has 0 saturated carbocycles. The minimum atomic E-state index is -1.15. The number of methoxy groups -OCH3 is 1. The normalized spacial score (nSPS) is 15.2. The van der Waals surface area contributed by atoms with Crippen LogP contribution < -0.4 is 10.5 Å². The molecule has 2 N–H and O–H groups in total. The summed E-state index contributed by atoms with van der Waals surface area (Å²) in [5, 5.41) is -0.181. The summed E-state index contributed by atoms with van der Waals surface area (Å²) >= 11 is 3.38. The maximum absolute atomic E-state index is 12.6. The fourth-order valence-corrected chi connectivity index (χ4v) is 3.54. The molecule has 2 aromatic rings. The number of benzene rings is 2. The molecule has 0 aliphatic heterocycles. The van der Waals surface area contributed by atoms with Gasteiger partial charge in [0.15, 0.2) is 0 Å². The second-order valence-electron chi connectivity index (χ2n) is 4.76. The van der Waals surface area contributed by atoms with E-state index in [0.29, 0.717) is 0 Å². The van der Waals surface area contributed by atoms with Gasteiger partial charge in [-0.25, -0.2) is 0 Å². The molecule has 0 spiro atoms. The van der Waals surface area contributed by atoms with Crippen LogP contribution in [-0.4, -0.2) is 16.6 Å². The van der Waals surface area contributed by atoms with Crippen molar-refractivity contribution in [3.63, 3.8) is 0 Å². The Balaban J connectivity index is 2.15. The molecule has 3 atom stereocenters. The monoisotopic (exact) mass is 367 g/mol. The van der Waals surface area contributed by atoms with Crippen molar-refractivity contribution in [1.29, 1.82) is 0 Å². The van der Waals surface area contributed by atoms with E-state index >= 15 is 0 Å². The molecule has 0 aliphatic rings. The van der Waals surface area contributed by atoms with E-state index < -0.39 is 10.8 Å². The van der Waals surface area contributed by atoms with E-state index in [1.165, 1.54) is 0 Å². The molecule has 0 aliphatic carbocycles. The molecule has 112 valence electrons. The van der Waals surface area contributed by atoms with Gasteiger partial charge in [0.05, 0.1) is 23.2 Å². The number of ether oxygens (including phenoxy) is 1. The smallest absolute Gasteiger partial charge is 0.118 e. The summed E-state index contributed by atoms with van der Waals surface area (Å²) in [6, 6.07) is 14.8. The van der Waals surface area contributed by atoms with Crippen LogP contribution in [0.25, 0.3) is 0 Å². The van der Waals surface area contributed by atoms with Gasteiger partial charge < -0.3 is 10.5 Å². The van der Waals surface area contributed by atoms with Crippen LogP contribution >= 0.6 is 15.9 Å². The van der Waals surface area contributed by atoms with Gasteiger partial charge in [0.1, 0.15) is 5.75 Å². The van der Waals surface area contributed by atoms with Crippen molar-refractivity contribution < 1.29 is 8.95 Å². The molecular weight excluding hydrogens is 350 g/mol. The quantitative estimate of drug-likeness (QED) is 0.877. The summed E-state index contributed by atoms with van der Waals surface area (Å²) < 4.78 is 18.7. The predicted molar refractivity (Wildman–Crippen MR) is 89.9 cm³/mol. The van der Waals surface area contributed by atoms with Crippen LogP contribution in [0.1, 0.15) is 18.5 Å². The fraction of sp³-hybridized carbons (Fsp3) is 0.250. The van der Waals surface area contributed by atoms with Gasteiger partial charge in [0.2, 0.25) is 0 Å². The minimum Gasteiger partial charge on any atom is -0.497 e. The Morgan fingerprint density at radius 1 is 1.10 bits per heavy atom. The zero-order valence-electron chi connectivity index (χ0n) is 12.0. The van der Waals surface area contributed by atoms with Crippen LogP contribution in [0, 0.1) is 0 Å². The highest BCUT2D eigenvalue weighted by atomic mass is 79.9. The molecular formula is C16H18BrNO2S. The van der Waals surface area contributed by atoms with E-state index in [0.717, 1.165) is 20.7 Å². The van der Waals surface area contributed by atoms with Gasteiger partial charge in [0, 0.05) is 15.4 Å². The molecule has 2 rings (SSSR count). The van der Waals surface area contributed by atoms with E-state index in [9.17, 15) is 4.21 Å². The third-order valence-corrected chi connectivity index (χ3v) is 5.62. The van der Waals surface area contributed by atoms with Crippen LogP contribution in [-0.2, 0) is 10.8 Å². The summed E-state index contributed by atoms with van der Waals surface area (Å²) in [5.41, 5.74) is 7.21. The molecule has 0 heterocycles. The van der Waals surface area contributed by atoms with Crippen molar-refractivity contribution in [3.8, 4) is 5.75 Å². The first-order valence-corrected chi connectivity index (χ1v) is 8.59. The standard InChI is InChI=1S/C16H18BrNO2S/c1-11(21(19)15-9-5-13(17)6-10-15)16(18)12-3-7-14(20-2)8-4-12/h3-11,16H,18H2,1-2H3. The zero-order chi connectivity index (χ0) is 15.4. The summed E-state index contributed by atoms with van der Waals surface area (Å²) in [4.78, 5) is 0.787. The highest BCUT2D eigenvalue weighted by molar-refractivity contribution is 9.10. The minimum absolute atomic E-state index is 0.181. The Hall–Kier alpha value is -1.17. The van der Waals surface area contributed by atoms with Crippen molar-refractivity contribution in [2.75, 3.05) is 7.11 Å². The summed E-state index contributed by atoms with van der Waals surface area (Å²) in [6.07, 6.45) is 0. The average molecular weight is 368 g/mol. The lowest BCUT2D eigenvalue weighted by Crippen LogP contribution is -2.27. The van der Waals surface area contributed by atoms with Gasteiger partial charge in [-0.05, 0) is 48.9 Å². The zero-order valence-corrected chi connectivity index (χ0v) is 14.4. The molecule has 2 aromatic carbocycles. The summed E-state index contributed by atoms with van der Waals surface area (Å²) in [6.45, 7) is 1.91. The van der Waals surface area contributed by atoms with Gasteiger partial charge in [-0.2, -0.15) is 0 Å². The first-order chi connectivity index (χ1) is 10.0.